The molecule has 0 radical (unpaired) electrons. The zero-order valence-electron chi connectivity index (χ0n) is 24.7. The average Bonchev–Trinajstić information content (AvgIpc) is 3.02. The van der Waals surface area contributed by atoms with E-state index in [1.807, 2.05) is 48.5 Å². The summed E-state index contributed by atoms with van der Waals surface area (Å²) in [5.74, 6) is -1.39. The molecular weight excluding hydrogens is 569 g/mol. The molecule has 0 saturated carbocycles. The third-order valence-electron chi connectivity index (χ3n) is 8.20. The number of esters is 1. The number of aliphatic hydroxyl groups is 5. The van der Waals surface area contributed by atoms with Gasteiger partial charge in [-0.3, -0.25) is 9.59 Å². The Bertz CT molecular complexity index is 1370. The van der Waals surface area contributed by atoms with Crippen LogP contribution in [0, 0.1) is 11.7 Å². The second-order valence-corrected chi connectivity index (χ2v) is 11.5. The van der Waals surface area contributed by atoms with Crippen LogP contribution in [-0.4, -0.2) is 62.5 Å². The Morgan fingerprint density at radius 3 is 2.07 bits per heavy atom. The Morgan fingerprint density at radius 1 is 0.909 bits per heavy atom. The summed E-state index contributed by atoms with van der Waals surface area (Å²) in [5, 5.41) is 47.4. The van der Waals surface area contributed by atoms with E-state index in [1.54, 1.807) is 17.0 Å². The zero-order chi connectivity index (χ0) is 31.9. The molecule has 1 amide bonds. The Morgan fingerprint density at radius 2 is 1.50 bits per heavy atom. The topological polar surface area (TPSA) is 148 Å². The number of benzene rings is 3. The smallest absolute Gasteiger partial charge is 0.303 e. The summed E-state index contributed by atoms with van der Waals surface area (Å²) < 4.78 is 19.1. The molecule has 0 aliphatic carbocycles. The highest BCUT2D eigenvalue weighted by Crippen LogP contribution is 2.46. The van der Waals surface area contributed by atoms with Crippen LogP contribution in [0.5, 0.6) is 0 Å². The molecule has 5 N–H and O–H groups in total. The van der Waals surface area contributed by atoms with E-state index in [0.29, 0.717) is 36.9 Å². The minimum absolute atomic E-state index is 0.0887. The van der Waals surface area contributed by atoms with Crippen LogP contribution in [0.3, 0.4) is 0 Å². The van der Waals surface area contributed by atoms with Crippen molar-refractivity contribution in [3.63, 3.8) is 0 Å². The van der Waals surface area contributed by atoms with Gasteiger partial charge in [0.15, 0.2) is 6.29 Å². The Hall–Kier alpha value is -3.67. The second kappa shape index (κ2) is 14.9. The predicted molar refractivity (Wildman–Crippen MR) is 161 cm³/mol. The average molecular weight is 610 g/mol. The molecule has 4 rings (SSSR count). The molecule has 1 fully saturated rings. The van der Waals surface area contributed by atoms with Crippen molar-refractivity contribution < 1.29 is 44.2 Å². The van der Waals surface area contributed by atoms with Gasteiger partial charge in [0.1, 0.15) is 17.5 Å². The van der Waals surface area contributed by atoms with Gasteiger partial charge in [-0.05, 0) is 78.6 Å². The number of carbonyl (C=O) groups excluding carboxylic acids is 2. The molecule has 0 unspecified atom stereocenters. The molecule has 1 heterocycles. The number of hydrogen-bond acceptors (Lipinski definition) is 8. The summed E-state index contributed by atoms with van der Waals surface area (Å²) in [5.41, 5.74) is 2.45. The first kappa shape index (κ1) is 33.2. The maximum absolute atomic E-state index is 13.6. The molecule has 3 atom stereocenters. The number of rotatable bonds is 15. The first-order chi connectivity index (χ1) is 21.0. The highest BCUT2D eigenvalue weighted by Gasteiger charge is 2.48. The monoisotopic (exact) mass is 609 g/mol. The Kier molecular flexibility index (Phi) is 11.2. The fraction of sp³-hybridized carbons (Fsp3) is 0.412. The largest absolute Gasteiger partial charge is 0.458 e. The maximum Gasteiger partial charge on any atom is 0.303 e. The van der Waals surface area contributed by atoms with Gasteiger partial charge in [-0.2, -0.15) is 0 Å². The van der Waals surface area contributed by atoms with Crippen molar-refractivity contribution >= 4 is 17.6 Å². The standard InChI is InChI=1S/C34H40FNO8/c1-22(39)44-30(25-9-11-27(35)12-10-25)16-15-29-32(26-7-2-24(3-8-26)18-19-34(43,20-37)21-38)36(33(29)42)28-13-4-23(5-14-28)6-17-31(40)41/h2-5,7-14,29-32,37-38,40-41,43H,6,15-21H2,1H3/t29-,30+,32-/m1/s1. The van der Waals surface area contributed by atoms with E-state index < -0.39 is 48.9 Å². The fourth-order valence-corrected chi connectivity index (χ4v) is 5.59. The summed E-state index contributed by atoms with van der Waals surface area (Å²) in [7, 11) is 0. The number of aryl methyl sites for hydroxylation is 2. The number of hydrogen-bond donors (Lipinski definition) is 5. The van der Waals surface area contributed by atoms with Crippen molar-refractivity contribution in [3.8, 4) is 0 Å². The van der Waals surface area contributed by atoms with Gasteiger partial charge >= 0.3 is 5.97 Å². The van der Waals surface area contributed by atoms with Crippen molar-refractivity contribution in [3.05, 3.63) is 101 Å². The quantitative estimate of drug-likeness (QED) is 0.1000. The molecule has 3 aromatic carbocycles. The molecule has 1 aliphatic rings. The summed E-state index contributed by atoms with van der Waals surface area (Å²) in [4.78, 5) is 27.2. The van der Waals surface area contributed by atoms with Crippen LogP contribution in [0.1, 0.15) is 67.0 Å². The lowest BCUT2D eigenvalue weighted by Gasteiger charge is -2.48. The number of amides is 1. The van der Waals surface area contributed by atoms with E-state index in [4.69, 9.17) is 4.74 Å². The molecule has 1 saturated heterocycles. The maximum atomic E-state index is 13.6. The summed E-state index contributed by atoms with van der Waals surface area (Å²) in [6, 6.07) is 20.4. The molecule has 0 spiro atoms. The van der Waals surface area contributed by atoms with Gasteiger partial charge in [-0.1, -0.05) is 48.5 Å². The fourth-order valence-electron chi connectivity index (χ4n) is 5.59. The summed E-state index contributed by atoms with van der Waals surface area (Å²) >= 11 is 0. The number of ether oxygens (including phenoxy) is 1. The molecule has 0 aromatic heterocycles. The van der Waals surface area contributed by atoms with Crippen molar-refractivity contribution in [2.24, 2.45) is 5.92 Å². The van der Waals surface area contributed by atoms with Gasteiger partial charge in [0.05, 0.1) is 25.2 Å². The number of halogens is 1. The number of aliphatic hydroxyl groups excluding tert-OH is 3. The SMILES string of the molecule is CC(=O)O[C@@H](CC[C@H]1C(=O)N(c2ccc(CCC(O)O)cc2)[C@@H]1c1ccc(CCC(O)(CO)CO)cc1)c1ccc(F)cc1. The minimum atomic E-state index is -1.56. The normalized spacial score (nSPS) is 17.5. The van der Waals surface area contributed by atoms with Crippen LogP contribution in [0.15, 0.2) is 72.8 Å². The van der Waals surface area contributed by atoms with E-state index in [1.165, 1.54) is 19.1 Å². The summed E-state index contributed by atoms with van der Waals surface area (Å²) in [6.45, 7) is 0.214. The van der Waals surface area contributed by atoms with Crippen LogP contribution >= 0.6 is 0 Å². The van der Waals surface area contributed by atoms with E-state index in [0.717, 1.165) is 16.7 Å². The molecule has 0 bridgehead atoms. The van der Waals surface area contributed by atoms with Gasteiger partial charge in [0.2, 0.25) is 5.91 Å². The van der Waals surface area contributed by atoms with Crippen molar-refractivity contribution in [1.29, 1.82) is 0 Å². The van der Waals surface area contributed by atoms with E-state index in [2.05, 4.69) is 0 Å². The molecule has 3 aromatic rings. The highest BCUT2D eigenvalue weighted by atomic mass is 19.1. The lowest BCUT2D eigenvalue weighted by atomic mass is 9.78. The number of carbonyl (C=O) groups is 2. The van der Waals surface area contributed by atoms with Gasteiger partial charge in [0, 0.05) is 19.0 Å². The number of nitrogens with zero attached hydrogens (tertiary/aromatic N) is 1. The van der Waals surface area contributed by atoms with Crippen LogP contribution in [0.2, 0.25) is 0 Å². The van der Waals surface area contributed by atoms with E-state index in [-0.39, 0.29) is 24.8 Å². The van der Waals surface area contributed by atoms with Crippen molar-refractivity contribution in [2.45, 2.75) is 69.5 Å². The third-order valence-corrected chi connectivity index (χ3v) is 8.20. The van der Waals surface area contributed by atoms with E-state index in [9.17, 15) is 39.5 Å². The number of β-lactam (4-membered cyclic amide) rings is 1. The molecule has 1 aliphatic heterocycles. The van der Waals surface area contributed by atoms with Gasteiger partial charge in [-0.15, -0.1) is 0 Å². The molecular formula is C34H40FNO8. The van der Waals surface area contributed by atoms with E-state index >= 15 is 0 Å². The Labute approximate surface area is 256 Å². The van der Waals surface area contributed by atoms with Crippen molar-refractivity contribution in [2.75, 3.05) is 18.1 Å². The lowest BCUT2D eigenvalue weighted by Crippen LogP contribution is -2.55. The third kappa shape index (κ3) is 8.28. The molecule has 9 nitrogen and oxygen atoms in total. The first-order valence-corrected chi connectivity index (χ1v) is 14.8. The van der Waals surface area contributed by atoms with Gasteiger partial charge in [-0.25, -0.2) is 4.39 Å². The van der Waals surface area contributed by atoms with Crippen LogP contribution in [-0.2, 0) is 27.2 Å². The summed E-state index contributed by atoms with van der Waals surface area (Å²) in [6.07, 6.45) is 0.00282. The molecule has 236 valence electrons. The molecule has 44 heavy (non-hydrogen) atoms. The Balaban J connectivity index is 1.56. The first-order valence-electron chi connectivity index (χ1n) is 14.8. The second-order valence-electron chi connectivity index (χ2n) is 11.5. The highest BCUT2D eigenvalue weighted by molar-refractivity contribution is 6.03. The lowest BCUT2D eigenvalue weighted by molar-refractivity contribution is -0.147. The van der Waals surface area contributed by atoms with Gasteiger partial charge in [0.25, 0.3) is 0 Å². The molecule has 10 heteroatoms. The number of anilines is 1. The van der Waals surface area contributed by atoms with Crippen LogP contribution < -0.4 is 4.90 Å². The zero-order valence-corrected chi connectivity index (χ0v) is 24.7. The van der Waals surface area contributed by atoms with Gasteiger partial charge < -0.3 is 35.2 Å². The van der Waals surface area contributed by atoms with Crippen molar-refractivity contribution in [1.82, 2.24) is 0 Å². The van der Waals surface area contributed by atoms with Crippen LogP contribution in [0.4, 0.5) is 10.1 Å². The minimum Gasteiger partial charge on any atom is -0.458 e. The van der Waals surface area contributed by atoms with Crippen LogP contribution in [0.25, 0.3) is 0 Å². The predicted octanol–water partition coefficient (Wildman–Crippen LogP) is 3.51.